The van der Waals surface area contributed by atoms with Crippen LogP contribution in [0, 0.1) is 0 Å². The fourth-order valence-corrected chi connectivity index (χ4v) is 4.01. The number of likely N-dealkylation sites (tertiary alicyclic amines) is 1. The van der Waals surface area contributed by atoms with E-state index in [1.807, 2.05) is 30.3 Å². The number of nitrogens with one attached hydrogen (secondary N) is 1. The summed E-state index contributed by atoms with van der Waals surface area (Å²) < 4.78 is 0. The molecule has 0 radical (unpaired) electrons. The Labute approximate surface area is 177 Å². The summed E-state index contributed by atoms with van der Waals surface area (Å²) in [5.41, 5.74) is 9.44. The highest BCUT2D eigenvalue weighted by atomic mass is 16.3. The predicted molar refractivity (Wildman–Crippen MR) is 119 cm³/mol. The zero-order valence-corrected chi connectivity index (χ0v) is 17.3. The van der Waals surface area contributed by atoms with Crippen LogP contribution < -0.4 is 11.1 Å². The number of anilines is 3. The topological polar surface area (TPSA) is 100 Å². The van der Waals surface area contributed by atoms with Gasteiger partial charge in [-0.2, -0.15) is 15.0 Å². The molecule has 156 valence electrons. The molecule has 7 nitrogen and oxygen atoms in total. The van der Waals surface area contributed by atoms with Crippen LogP contribution in [0.4, 0.5) is 17.6 Å². The molecule has 0 amide bonds. The molecule has 1 aromatic heterocycles. The Balaban J connectivity index is 1.40. The molecule has 4 rings (SSSR count). The summed E-state index contributed by atoms with van der Waals surface area (Å²) in [4.78, 5) is 15.6. The van der Waals surface area contributed by atoms with Gasteiger partial charge in [-0.15, -0.1) is 0 Å². The van der Waals surface area contributed by atoms with E-state index in [1.54, 1.807) is 12.1 Å². The molecule has 1 aliphatic heterocycles. The minimum atomic E-state index is 0.232. The third-order valence-electron chi connectivity index (χ3n) is 5.66. The fraction of sp³-hybridized carbons (Fsp3) is 0.348. The average molecular weight is 405 g/mol. The summed E-state index contributed by atoms with van der Waals surface area (Å²) in [5.74, 6) is 2.23. The number of phenolic OH excluding ortho intramolecular Hbond substituents is 1. The molecular formula is C23H28N6O. The number of nitrogen functional groups attached to an aromatic ring is 1. The van der Waals surface area contributed by atoms with E-state index >= 15 is 0 Å². The molecular weight excluding hydrogens is 376 g/mol. The van der Waals surface area contributed by atoms with E-state index in [9.17, 15) is 5.11 Å². The molecule has 1 fully saturated rings. The van der Waals surface area contributed by atoms with Crippen molar-refractivity contribution in [3.63, 3.8) is 0 Å². The van der Waals surface area contributed by atoms with E-state index in [4.69, 9.17) is 5.73 Å². The molecule has 7 heteroatoms. The Kier molecular flexibility index (Phi) is 6.09. The molecule has 2 heterocycles. The zero-order valence-electron chi connectivity index (χ0n) is 17.3. The van der Waals surface area contributed by atoms with Gasteiger partial charge in [0.15, 0.2) is 0 Å². The molecule has 0 saturated carbocycles. The van der Waals surface area contributed by atoms with E-state index < -0.39 is 0 Å². The van der Waals surface area contributed by atoms with Gasteiger partial charge in [0.1, 0.15) is 11.6 Å². The number of aromatic hydroxyl groups is 1. The average Bonchev–Trinajstić information content (AvgIpc) is 2.75. The monoisotopic (exact) mass is 404 g/mol. The highest BCUT2D eigenvalue weighted by Crippen LogP contribution is 2.29. The van der Waals surface area contributed by atoms with Gasteiger partial charge in [0.05, 0.1) is 6.54 Å². The Morgan fingerprint density at radius 3 is 2.50 bits per heavy atom. The second-order valence-corrected chi connectivity index (χ2v) is 7.71. The first-order valence-electron chi connectivity index (χ1n) is 10.5. The largest absolute Gasteiger partial charge is 0.508 e. The van der Waals surface area contributed by atoms with Crippen molar-refractivity contribution in [2.24, 2.45) is 0 Å². The number of benzene rings is 2. The highest BCUT2D eigenvalue weighted by Gasteiger charge is 2.21. The van der Waals surface area contributed by atoms with Gasteiger partial charge in [0.25, 0.3) is 0 Å². The lowest BCUT2D eigenvalue weighted by Crippen LogP contribution is -2.33. The Morgan fingerprint density at radius 1 is 1.03 bits per heavy atom. The maximum atomic E-state index is 9.49. The number of aromatic nitrogens is 3. The number of aryl methyl sites for hydroxylation is 1. The van der Waals surface area contributed by atoms with Crippen molar-refractivity contribution in [2.45, 2.75) is 38.6 Å². The molecule has 0 spiro atoms. The Morgan fingerprint density at radius 2 is 1.77 bits per heavy atom. The van der Waals surface area contributed by atoms with Crippen LogP contribution in [0.3, 0.4) is 0 Å². The fourth-order valence-electron chi connectivity index (χ4n) is 4.01. The molecule has 0 bridgehead atoms. The van der Waals surface area contributed by atoms with Gasteiger partial charge in [-0.25, -0.2) is 0 Å². The third kappa shape index (κ3) is 4.86. The van der Waals surface area contributed by atoms with Crippen LogP contribution in [-0.4, -0.2) is 38.0 Å². The molecule has 1 aliphatic rings. The smallest absolute Gasteiger partial charge is 0.232 e. The van der Waals surface area contributed by atoms with Crippen LogP contribution in [0.5, 0.6) is 5.75 Å². The van der Waals surface area contributed by atoms with E-state index in [2.05, 4.69) is 38.2 Å². The normalized spacial score (nSPS) is 15.2. The summed E-state index contributed by atoms with van der Waals surface area (Å²) in [7, 11) is 0. The number of phenols is 1. The lowest BCUT2D eigenvalue weighted by atomic mass is 9.89. The van der Waals surface area contributed by atoms with Crippen LogP contribution in [0.25, 0.3) is 0 Å². The van der Waals surface area contributed by atoms with Crippen molar-refractivity contribution in [2.75, 3.05) is 24.1 Å². The minimum Gasteiger partial charge on any atom is -0.508 e. The highest BCUT2D eigenvalue weighted by molar-refractivity contribution is 5.58. The second kappa shape index (κ2) is 9.09. The van der Waals surface area contributed by atoms with Crippen LogP contribution in [-0.2, 0) is 13.0 Å². The van der Waals surface area contributed by atoms with E-state index in [1.165, 1.54) is 11.1 Å². The molecule has 0 atom stereocenters. The van der Waals surface area contributed by atoms with Gasteiger partial charge in [0.2, 0.25) is 11.9 Å². The Hall–Kier alpha value is -3.19. The molecule has 0 aliphatic carbocycles. The van der Waals surface area contributed by atoms with Gasteiger partial charge >= 0.3 is 0 Å². The van der Waals surface area contributed by atoms with Gasteiger partial charge < -0.3 is 16.2 Å². The maximum absolute atomic E-state index is 9.49. The predicted octanol–water partition coefficient (Wildman–Crippen LogP) is 3.85. The first-order chi connectivity index (χ1) is 14.6. The lowest BCUT2D eigenvalue weighted by Gasteiger charge is -2.31. The van der Waals surface area contributed by atoms with E-state index in [-0.39, 0.29) is 5.95 Å². The van der Waals surface area contributed by atoms with Crippen LogP contribution in [0.2, 0.25) is 0 Å². The van der Waals surface area contributed by atoms with Gasteiger partial charge in [0, 0.05) is 5.69 Å². The number of nitrogens with two attached hydrogens (primary N) is 1. The van der Waals surface area contributed by atoms with Crippen LogP contribution in [0.1, 0.15) is 42.6 Å². The number of piperidine rings is 1. The van der Waals surface area contributed by atoms with Crippen molar-refractivity contribution in [1.29, 1.82) is 0 Å². The van der Waals surface area contributed by atoms with Crippen LogP contribution in [0.15, 0.2) is 48.5 Å². The van der Waals surface area contributed by atoms with Crippen molar-refractivity contribution in [1.82, 2.24) is 19.9 Å². The molecule has 30 heavy (non-hydrogen) atoms. The molecule has 0 unspecified atom stereocenters. The summed E-state index contributed by atoms with van der Waals surface area (Å²) >= 11 is 0. The quantitative estimate of drug-likeness (QED) is 0.574. The molecule has 1 saturated heterocycles. The van der Waals surface area contributed by atoms with Gasteiger partial charge in [-0.1, -0.05) is 37.3 Å². The summed E-state index contributed by atoms with van der Waals surface area (Å²) in [6, 6.07) is 15.7. The first kappa shape index (κ1) is 20.1. The second-order valence-electron chi connectivity index (χ2n) is 7.71. The van der Waals surface area contributed by atoms with Crippen molar-refractivity contribution < 1.29 is 5.11 Å². The number of rotatable bonds is 6. The van der Waals surface area contributed by atoms with E-state index in [0.717, 1.165) is 38.0 Å². The van der Waals surface area contributed by atoms with Crippen molar-refractivity contribution in [3.8, 4) is 5.75 Å². The minimum absolute atomic E-state index is 0.232. The first-order valence-corrected chi connectivity index (χ1v) is 10.5. The number of hydrogen-bond donors (Lipinski definition) is 3. The number of para-hydroxylation sites is 1. The lowest BCUT2D eigenvalue weighted by molar-refractivity contribution is 0.200. The maximum Gasteiger partial charge on any atom is 0.232 e. The SMILES string of the molecule is CCc1ccccc1Nc1nc(N)nc(CN2CCC(c3ccc(O)cc3)CC2)n1. The van der Waals surface area contributed by atoms with Crippen molar-refractivity contribution >= 4 is 17.6 Å². The molecule has 4 N–H and O–H groups in total. The number of hydrogen-bond acceptors (Lipinski definition) is 7. The number of nitrogens with zero attached hydrogens (tertiary/aromatic N) is 4. The standard InChI is InChI=1S/C23H28N6O/c1-2-16-5-3-4-6-20(16)25-23-27-21(26-22(24)28-23)15-29-13-11-18(12-14-29)17-7-9-19(30)10-8-17/h3-10,18,30H,2,11-15H2,1H3,(H3,24,25,26,27,28). The van der Waals surface area contributed by atoms with Gasteiger partial charge in [-0.3, -0.25) is 4.90 Å². The molecule has 2 aromatic carbocycles. The van der Waals surface area contributed by atoms with Crippen molar-refractivity contribution in [3.05, 3.63) is 65.5 Å². The van der Waals surface area contributed by atoms with E-state index in [0.29, 0.717) is 30.0 Å². The van der Waals surface area contributed by atoms with Gasteiger partial charge in [-0.05, 0) is 67.6 Å². The summed E-state index contributed by atoms with van der Waals surface area (Å²) in [6.45, 7) is 4.71. The summed E-state index contributed by atoms with van der Waals surface area (Å²) in [6.07, 6.45) is 3.06. The third-order valence-corrected chi connectivity index (χ3v) is 5.66. The van der Waals surface area contributed by atoms with Crippen LogP contribution >= 0.6 is 0 Å². The summed E-state index contributed by atoms with van der Waals surface area (Å²) in [5, 5.41) is 12.8. The molecule has 3 aromatic rings. The Bertz CT molecular complexity index is 983. The zero-order chi connectivity index (χ0) is 20.9.